The molecule has 0 aliphatic carbocycles. The Bertz CT molecular complexity index is 282. The van der Waals surface area contributed by atoms with Crippen LogP contribution in [0.1, 0.15) is 19.7 Å². The topological polar surface area (TPSA) is 52.0 Å². The van der Waals surface area contributed by atoms with Gasteiger partial charge >= 0.3 is 0 Å². The van der Waals surface area contributed by atoms with E-state index < -0.39 is 0 Å². The molecule has 0 amide bonds. The third-order valence-corrected chi connectivity index (χ3v) is 2.19. The Morgan fingerprint density at radius 1 is 1.57 bits per heavy atom. The summed E-state index contributed by atoms with van der Waals surface area (Å²) in [6, 6.07) is 0. The SMILES string of the molecule is COC(C)(C)CNCc1nncn1C. The summed E-state index contributed by atoms with van der Waals surface area (Å²) in [5, 5.41) is 11.0. The number of ether oxygens (including phenoxy) is 1. The van der Waals surface area contributed by atoms with Crippen LogP contribution in [0.25, 0.3) is 0 Å². The van der Waals surface area contributed by atoms with Gasteiger partial charge in [-0.25, -0.2) is 0 Å². The van der Waals surface area contributed by atoms with Crippen molar-refractivity contribution in [2.45, 2.75) is 26.0 Å². The molecule has 1 aromatic rings. The molecule has 0 saturated carbocycles. The maximum absolute atomic E-state index is 5.28. The van der Waals surface area contributed by atoms with E-state index in [-0.39, 0.29) is 5.60 Å². The summed E-state index contributed by atoms with van der Waals surface area (Å²) in [7, 11) is 3.64. The fourth-order valence-corrected chi connectivity index (χ4v) is 1.01. The molecule has 1 heterocycles. The molecule has 0 aliphatic heterocycles. The van der Waals surface area contributed by atoms with Crippen molar-refractivity contribution in [1.29, 1.82) is 0 Å². The second-order valence-corrected chi connectivity index (χ2v) is 3.93. The summed E-state index contributed by atoms with van der Waals surface area (Å²) < 4.78 is 7.18. The van der Waals surface area contributed by atoms with Gasteiger partial charge in [0, 0.05) is 20.7 Å². The van der Waals surface area contributed by atoms with Gasteiger partial charge in [-0.15, -0.1) is 10.2 Å². The van der Waals surface area contributed by atoms with Gasteiger partial charge in [0.25, 0.3) is 0 Å². The van der Waals surface area contributed by atoms with Gasteiger partial charge in [-0.2, -0.15) is 0 Å². The van der Waals surface area contributed by atoms with Gasteiger partial charge in [0.05, 0.1) is 12.1 Å². The Morgan fingerprint density at radius 2 is 2.29 bits per heavy atom. The van der Waals surface area contributed by atoms with E-state index in [1.807, 2.05) is 25.5 Å². The first-order valence-electron chi connectivity index (χ1n) is 4.64. The minimum atomic E-state index is -0.140. The van der Waals surface area contributed by atoms with Crippen LogP contribution in [0.3, 0.4) is 0 Å². The minimum absolute atomic E-state index is 0.140. The van der Waals surface area contributed by atoms with Crippen LogP contribution in [-0.4, -0.2) is 34.0 Å². The number of hydrogen-bond donors (Lipinski definition) is 1. The van der Waals surface area contributed by atoms with Gasteiger partial charge in [0.1, 0.15) is 12.2 Å². The predicted molar refractivity (Wildman–Crippen MR) is 53.8 cm³/mol. The van der Waals surface area contributed by atoms with E-state index in [0.29, 0.717) is 6.54 Å². The van der Waals surface area contributed by atoms with Crippen molar-refractivity contribution in [2.75, 3.05) is 13.7 Å². The van der Waals surface area contributed by atoms with Crippen LogP contribution >= 0.6 is 0 Å². The van der Waals surface area contributed by atoms with Gasteiger partial charge in [-0.05, 0) is 13.8 Å². The Hall–Kier alpha value is -0.940. The first kappa shape index (κ1) is 11.1. The highest BCUT2D eigenvalue weighted by atomic mass is 16.5. The highest BCUT2D eigenvalue weighted by Gasteiger charge is 2.15. The molecule has 0 atom stereocenters. The Balaban J connectivity index is 2.32. The molecule has 0 radical (unpaired) electrons. The first-order valence-corrected chi connectivity index (χ1v) is 4.64. The standard InChI is InChI=1S/C9H18N4O/c1-9(2,14-4)6-10-5-8-12-11-7-13(8)3/h7,10H,5-6H2,1-4H3. The molecule has 0 unspecified atom stereocenters. The van der Waals surface area contributed by atoms with Crippen LogP contribution in [-0.2, 0) is 18.3 Å². The average Bonchev–Trinajstić information content (AvgIpc) is 2.52. The molecule has 0 bridgehead atoms. The van der Waals surface area contributed by atoms with Crippen molar-refractivity contribution in [3.8, 4) is 0 Å². The summed E-state index contributed by atoms with van der Waals surface area (Å²) in [4.78, 5) is 0. The number of methoxy groups -OCH3 is 1. The summed E-state index contributed by atoms with van der Waals surface area (Å²) in [6.45, 7) is 5.58. The van der Waals surface area contributed by atoms with Crippen molar-refractivity contribution in [1.82, 2.24) is 20.1 Å². The number of aromatic nitrogens is 3. The van der Waals surface area contributed by atoms with E-state index in [2.05, 4.69) is 15.5 Å². The third-order valence-electron chi connectivity index (χ3n) is 2.19. The van der Waals surface area contributed by atoms with E-state index in [1.165, 1.54) is 0 Å². The first-order chi connectivity index (χ1) is 6.55. The lowest BCUT2D eigenvalue weighted by molar-refractivity contribution is 0.0229. The fourth-order valence-electron chi connectivity index (χ4n) is 1.01. The van der Waals surface area contributed by atoms with Crippen LogP contribution in [0, 0.1) is 0 Å². The van der Waals surface area contributed by atoms with Crippen LogP contribution < -0.4 is 5.32 Å². The molecule has 1 rings (SSSR count). The van der Waals surface area contributed by atoms with Crippen LogP contribution in [0.5, 0.6) is 0 Å². The second kappa shape index (κ2) is 4.52. The quantitative estimate of drug-likeness (QED) is 0.740. The smallest absolute Gasteiger partial charge is 0.146 e. The number of hydrogen-bond acceptors (Lipinski definition) is 4. The molecule has 1 aromatic heterocycles. The maximum atomic E-state index is 5.28. The largest absolute Gasteiger partial charge is 0.377 e. The summed E-state index contributed by atoms with van der Waals surface area (Å²) in [6.07, 6.45) is 1.69. The zero-order valence-electron chi connectivity index (χ0n) is 9.24. The van der Waals surface area contributed by atoms with E-state index >= 15 is 0 Å². The number of nitrogens with zero attached hydrogens (tertiary/aromatic N) is 3. The number of aryl methyl sites for hydroxylation is 1. The molecule has 0 fully saturated rings. The molecule has 0 aliphatic rings. The second-order valence-electron chi connectivity index (χ2n) is 3.93. The fraction of sp³-hybridized carbons (Fsp3) is 0.778. The van der Waals surface area contributed by atoms with E-state index in [4.69, 9.17) is 4.74 Å². The lowest BCUT2D eigenvalue weighted by atomic mass is 10.1. The Labute approximate surface area is 84.5 Å². The van der Waals surface area contributed by atoms with Crippen molar-refractivity contribution in [2.24, 2.45) is 7.05 Å². The Morgan fingerprint density at radius 3 is 2.79 bits per heavy atom. The summed E-state index contributed by atoms with van der Waals surface area (Å²) in [5.74, 6) is 0.928. The van der Waals surface area contributed by atoms with Crippen molar-refractivity contribution < 1.29 is 4.74 Å². The Kier molecular flexibility index (Phi) is 3.60. The molecule has 0 aromatic carbocycles. The van der Waals surface area contributed by atoms with Crippen molar-refractivity contribution in [3.63, 3.8) is 0 Å². The zero-order valence-corrected chi connectivity index (χ0v) is 9.24. The minimum Gasteiger partial charge on any atom is -0.377 e. The highest BCUT2D eigenvalue weighted by molar-refractivity contribution is 4.84. The molecule has 5 nitrogen and oxygen atoms in total. The third kappa shape index (κ3) is 3.08. The normalized spacial score (nSPS) is 12.0. The monoisotopic (exact) mass is 198 g/mol. The summed E-state index contributed by atoms with van der Waals surface area (Å²) in [5.41, 5.74) is -0.140. The number of rotatable bonds is 5. The molecule has 14 heavy (non-hydrogen) atoms. The van der Waals surface area contributed by atoms with E-state index in [0.717, 1.165) is 12.4 Å². The van der Waals surface area contributed by atoms with Gasteiger partial charge in [0.2, 0.25) is 0 Å². The van der Waals surface area contributed by atoms with Gasteiger partial charge in [-0.1, -0.05) is 0 Å². The van der Waals surface area contributed by atoms with Crippen molar-refractivity contribution in [3.05, 3.63) is 12.2 Å². The van der Waals surface area contributed by atoms with Gasteiger partial charge in [-0.3, -0.25) is 0 Å². The molecule has 1 N–H and O–H groups in total. The lowest BCUT2D eigenvalue weighted by Gasteiger charge is -2.22. The van der Waals surface area contributed by atoms with E-state index in [9.17, 15) is 0 Å². The van der Waals surface area contributed by atoms with Crippen LogP contribution in [0.4, 0.5) is 0 Å². The maximum Gasteiger partial charge on any atom is 0.146 e. The van der Waals surface area contributed by atoms with E-state index in [1.54, 1.807) is 13.4 Å². The summed E-state index contributed by atoms with van der Waals surface area (Å²) >= 11 is 0. The number of nitrogens with one attached hydrogen (secondary N) is 1. The van der Waals surface area contributed by atoms with Crippen LogP contribution in [0.2, 0.25) is 0 Å². The predicted octanol–water partition coefficient (Wildman–Crippen LogP) is 0.330. The molecule has 5 heteroatoms. The van der Waals surface area contributed by atoms with Crippen LogP contribution in [0.15, 0.2) is 6.33 Å². The zero-order chi connectivity index (χ0) is 10.6. The van der Waals surface area contributed by atoms with Gasteiger partial charge in [0.15, 0.2) is 0 Å². The van der Waals surface area contributed by atoms with Crippen molar-refractivity contribution >= 4 is 0 Å². The molecular weight excluding hydrogens is 180 g/mol. The molecule has 80 valence electrons. The highest BCUT2D eigenvalue weighted by Crippen LogP contribution is 2.04. The average molecular weight is 198 g/mol. The molecule has 0 saturated heterocycles. The molecule has 0 spiro atoms. The van der Waals surface area contributed by atoms with Gasteiger partial charge < -0.3 is 14.6 Å². The molecular formula is C9H18N4O. The lowest BCUT2D eigenvalue weighted by Crippen LogP contribution is -2.36.